The van der Waals surface area contributed by atoms with E-state index in [4.69, 9.17) is 10.5 Å². The Morgan fingerprint density at radius 3 is 2.59 bits per heavy atom. The minimum absolute atomic E-state index is 0.122. The van der Waals surface area contributed by atoms with Gasteiger partial charge in [0.1, 0.15) is 12.4 Å². The van der Waals surface area contributed by atoms with Crippen LogP contribution in [0, 0.1) is 0 Å². The molecule has 17 heavy (non-hydrogen) atoms. The molecule has 0 heterocycles. The van der Waals surface area contributed by atoms with E-state index in [1.165, 1.54) is 0 Å². The van der Waals surface area contributed by atoms with Gasteiger partial charge in [0.15, 0.2) is 0 Å². The number of carbonyl (C=O) groups excluding carboxylic acids is 1. The number of urea groups is 1. The maximum absolute atomic E-state index is 11.6. The number of hydrogen-bond donors (Lipinski definition) is 2. The van der Waals surface area contributed by atoms with E-state index >= 15 is 0 Å². The van der Waals surface area contributed by atoms with Crippen LogP contribution in [-0.4, -0.2) is 37.7 Å². The topological polar surface area (TPSA) is 67.6 Å². The monoisotopic (exact) mass is 237 g/mol. The minimum atomic E-state index is -0.122. The molecule has 0 fully saturated rings. The van der Waals surface area contributed by atoms with Gasteiger partial charge in [-0.3, -0.25) is 0 Å². The number of benzene rings is 1. The van der Waals surface area contributed by atoms with Crippen molar-refractivity contribution in [3.8, 4) is 5.75 Å². The first kappa shape index (κ1) is 13.3. The highest BCUT2D eigenvalue weighted by Crippen LogP contribution is 2.15. The Bertz CT molecular complexity index is 351. The molecule has 0 atom stereocenters. The highest BCUT2D eigenvalue weighted by molar-refractivity contribution is 5.89. The third-order valence-corrected chi connectivity index (χ3v) is 2.31. The average molecular weight is 237 g/mol. The Morgan fingerprint density at radius 2 is 2.06 bits per heavy atom. The van der Waals surface area contributed by atoms with Gasteiger partial charge in [0, 0.05) is 25.8 Å². The standard InChI is InChI=1S/C12H19N3O2/c1-3-15(2)12(16)14-10-4-6-11(7-5-10)17-9-8-13/h4-7H,3,8-9,13H2,1-2H3,(H,14,16). The van der Waals surface area contributed by atoms with Crippen LogP contribution in [-0.2, 0) is 0 Å². The second-order valence-corrected chi connectivity index (χ2v) is 3.61. The molecule has 0 saturated heterocycles. The number of anilines is 1. The lowest BCUT2D eigenvalue weighted by molar-refractivity contribution is 0.224. The highest BCUT2D eigenvalue weighted by atomic mass is 16.5. The maximum atomic E-state index is 11.6. The summed E-state index contributed by atoms with van der Waals surface area (Å²) in [4.78, 5) is 13.2. The van der Waals surface area contributed by atoms with Crippen LogP contribution in [0.15, 0.2) is 24.3 Å². The summed E-state index contributed by atoms with van der Waals surface area (Å²) in [5.41, 5.74) is 6.08. The molecule has 0 aliphatic carbocycles. The van der Waals surface area contributed by atoms with Crippen molar-refractivity contribution in [2.75, 3.05) is 32.1 Å². The minimum Gasteiger partial charge on any atom is -0.492 e. The molecule has 0 radical (unpaired) electrons. The number of hydrogen-bond acceptors (Lipinski definition) is 3. The number of rotatable bonds is 5. The summed E-state index contributed by atoms with van der Waals surface area (Å²) < 4.78 is 5.34. The van der Waals surface area contributed by atoms with Crippen LogP contribution >= 0.6 is 0 Å². The number of nitrogens with two attached hydrogens (primary N) is 1. The first-order chi connectivity index (χ1) is 8.17. The number of amides is 2. The molecule has 3 N–H and O–H groups in total. The molecule has 0 spiro atoms. The third-order valence-electron chi connectivity index (χ3n) is 2.31. The Morgan fingerprint density at radius 1 is 1.41 bits per heavy atom. The van der Waals surface area contributed by atoms with Crippen molar-refractivity contribution in [3.63, 3.8) is 0 Å². The molecule has 0 aliphatic heterocycles. The second-order valence-electron chi connectivity index (χ2n) is 3.61. The van der Waals surface area contributed by atoms with E-state index in [9.17, 15) is 4.79 Å². The van der Waals surface area contributed by atoms with Gasteiger partial charge in [-0.25, -0.2) is 4.79 Å². The largest absolute Gasteiger partial charge is 0.492 e. The Balaban J connectivity index is 2.53. The van der Waals surface area contributed by atoms with Crippen LogP contribution < -0.4 is 15.8 Å². The fourth-order valence-electron chi connectivity index (χ4n) is 1.17. The molecular formula is C12H19N3O2. The van der Waals surface area contributed by atoms with Crippen molar-refractivity contribution in [1.82, 2.24) is 4.90 Å². The van der Waals surface area contributed by atoms with Crippen molar-refractivity contribution >= 4 is 11.7 Å². The van der Waals surface area contributed by atoms with Gasteiger partial charge in [-0.15, -0.1) is 0 Å². The molecule has 1 aromatic carbocycles. The summed E-state index contributed by atoms with van der Waals surface area (Å²) in [6, 6.07) is 7.08. The number of carbonyl (C=O) groups is 1. The van der Waals surface area contributed by atoms with E-state index in [0.29, 0.717) is 19.7 Å². The lowest BCUT2D eigenvalue weighted by atomic mass is 10.3. The summed E-state index contributed by atoms with van der Waals surface area (Å²) in [7, 11) is 1.74. The third kappa shape index (κ3) is 4.32. The van der Waals surface area contributed by atoms with E-state index in [-0.39, 0.29) is 6.03 Å². The summed E-state index contributed by atoms with van der Waals surface area (Å²) in [5.74, 6) is 0.747. The van der Waals surface area contributed by atoms with E-state index in [1.807, 2.05) is 6.92 Å². The zero-order chi connectivity index (χ0) is 12.7. The van der Waals surface area contributed by atoms with Gasteiger partial charge in [-0.1, -0.05) is 0 Å². The van der Waals surface area contributed by atoms with Crippen LogP contribution in [0.25, 0.3) is 0 Å². The van der Waals surface area contributed by atoms with Crippen molar-refractivity contribution in [2.24, 2.45) is 5.73 Å². The summed E-state index contributed by atoms with van der Waals surface area (Å²) in [5, 5.41) is 2.78. The molecule has 2 amide bonds. The van der Waals surface area contributed by atoms with Gasteiger partial charge >= 0.3 is 6.03 Å². The molecule has 1 aromatic rings. The average Bonchev–Trinajstić information content (AvgIpc) is 2.37. The quantitative estimate of drug-likeness (QED) is 0.815. The first-order valence-electron chi connectivity index (χ1n) is 5.62. The zero-order valence-electron chi connectivity index (χ0n) is 10.3. The fraction of sp³-hybridized carbons (Fsp3) is 0.417. The van der Waals surface area contributed by atoms with Gasteiger partial charge < -0.3 is 20.7 Å². The van der Waals surface area contributed by atoms with Crippen LogP contribution in [0.5, 0.6) is 5.75 Å². The summed E-state index contributed by atoms with van der Waals surface area (Å²) in [6.45, 7) is 3.57. The maximum Gasteiger partial charge on any atom is 0.321 e. The SMILES string of the molecule is CCN(C)C(=O)Nc1ccc(OCCN)cc1. The van der Waals surface area contributed by atoms with E-state index < -0.39 is 0 Å². The first-order valence-corrected chi connectivity index (χ1v) is 5.62. The molecule has 5 nitrogen and oxygen atoms in total. The predicted octanol–water partition coefficient (Wildman–Crippen LogP) is 1.51. The van der Waals surface area contributed by atoms with Gasteiger partial charge in [0.2, 0.25) is 0 Å². The molecule has 0 bridgehead atoms. The summed E-state index contributed by atoms with van der Waals surface area (Å²) in [6.07, 6.45) is 0. The molecule has 0 unspecified atom stereocenters. The van der Waals surface area contributed by atoms with Crippen molar-refractivity contribution in [3.05, 3.63) is 24.3 Å². The Labute approximate surface area is 102 Å². The van der Waals surface area contributed by atoms with Crippen LogP contribution in [0.3, 0.4) is 0 Å². The van der Waals surface area contributed by atoms with E-state index in [0.717, 1.165) is 11.4 Å². The molecule has 5 heteroatoms. The number of nitrogens with zero attached hydrogens (tertiary/aromatic N) is 1. The molecule has 0 aromatic heterocycles. The Hall–Kier alpha value is -1.75. The normalized spacial score (nSPS) is 9.82. The zero-order valence-corrected chi connectivity index (χ0v) is 10.3. The molecular weight excluding hydrogens is 218 g/mol. The van der Waals surface area contributed by atoms with E-state index in [2.05, 4.69) is 5.32 Å². The van der Waals surface area contributed by atoms with Crippen molar-refractivity contribution < 1.29 is 9.53 Å². The number of nitrogens with one attached hydrogen (secondary N) is 1. The predicted molar refractivity (Wildman–Crippen MR) is 68.3 cm³/mol. The molecule has 94 valence electrons. The molecule has 0 saturated carbocycles. The van der Waals surface area contributed by atoms with Crippen molar-refractivity contribution in [1.29, 1.82) is 0 Å². The van der Waals surface area contributed by atoms with E-state index in [1.54, 1.807) is 36.2 Å². The van der Waals surface area contributed by atoms with Gasteiger partial charge in [0.05, 0.1) is 0 Å². The molecule has 0 aliphatic rings. The van der Waals surface area contributed by atoms with Gasteiger partial charge in [-0.05, 0) is 31.2 Å². The van der Waals surface area contributed by atoms with Crippen LogP contribution in [0.2, 0.25) is 0 Å². The van der Waals surface area contributed by atoms with Crippen molar-refractivity contribution in [2.45, 2.75) is 6.92 Å². The fourth-order valence-corrected chi connectivity index (χ4v) is 1.17. The van der Waals surface area contributed by atoms with Crippen LogP contribution in [0.1, 0.15) is 6.92 Å². The van der Waals surface area contributed by atoms with Gasteiger partial charge in [0.25, 0.3) is 0 Å². The Kier molecular flexibility index (Phi) is 5.29. The second kappa shape index (κ2) is 6.75. The highest BCUT2D eigenvalue weighted by Gasteiger charge is 2.05. The lowest BCUT2D eigenvalue weighted by Crippen LogP contribution is -2.30. The lowest BCUT2D eigenvalue weighted by Gasteiger charge is -2.15. The number of ether oxygens (including phenoxy) is 1. The molecule has 1 rings (SSSR count). The smallest absolute Gasteiger partial charge is 0.321 e. The summed E-state index contributed by atoms with van der Waals surface area (Å²) >= 11 is 0. The van der Waals surface area contributed by atoms with Crippen LogP contribution in [0.4, 0.5) is 10.5 Å². The van der Waals surface area contributed by atoms with Gasteiger partial charge in [-0.2, -0.15) is 0 Å².